The minimum Gasteiger partial charge on any atom is -0.481 e. The molecule has 2 rings (SSSR count). The molecule has 1 aromatic carbocycles. The van der Waals surface area contributed by atoms with Gasteiger partial charge in [0.25, 0.3) is 0 Å². The van der Waals surface area contributed by atoms with E-state index in [2.05, 4.69) is 31.2 Å². The Labute approximate surface area is 254 Å². The molecule has 9 N–H and O–H groups in total. The molecule has 0 radical (unpaired) electrons. The van der Waals surface area contributed by atoms with Crippen LogP contribution in [-0.2, 0) is 41.6 Å². The summed E-state index contributed by atoms with van der Waals surface area (Å²) >= 11 is 0. The molecule has 0 aliphatic carbocycles. The maximum atomic E-state index is 13.7. The number of carbonyl (C=O) groups excluding carboxylic acids is 4. The third-order valence-corrected chi connectivity index (χ3v) is 6.54. The van der Waals surface area contributed by atoms with Crippen LogP contribution in [-0.4, -0.2) is 86.0 Å². The number of nitrogens with zero attached hydrogens (tertiary/aromatic N) is 1. The molecule has 2 aromatic rings. The molecule has 4 amide bonds. The van der Waals surface area contributed by atoms with Crippen LogP contribution in [0.5, 0.6) is 0 Å². The van der Waals surface area contributed by atoms with E-state index in [0.717, 1.165) is 0 Å². The molecule has 1 heterocycles. The van der Waals surface area contributed by atoms with Crippen molar-refractivity contribution in [2.75, 3.05) is 0 Å². The third-order valence-electron chi connectivity index (χ3n) is 6.54. The van der Waals surface area contributed by atoms with Crippen molar-refractivity contribution >= 4 is 35.6 Å². The predicted octanol–water partition coefficient (Wildman–Crippen LogP) is -0.523. The fourth-order valence-corrected chi connectivity index (χ4v) is 4.23. The van der Waals surface area contributed by atoms with Gasteiger partial charge in [-0.25, -0.2) is 9.78 Å². The van der Waals surface area contributed by atoms with Crippen molar-refractivity contribution in [1.29, 1.82) is 0 Å². The van der Waals surface area contributed by atoms with Gasteiger partial charge in [-0.2, -0.15) is 0 Å². The van der Waals surface area contributed by atoms with Crippen LogP contribution in [0.25, 0.3) is 0 Å². The van der Waals surface area contributed by atoms with Crippen LogP contribution in [0.3, 0.4) is 0 Å². The standard InChI is InChI=1S/C29H41N7O8/c1-16(2)11-21(34-25(39)17(3)30)26(40)35-22(12-18-7-5-4-6-8-18)27(41)36-23(13-19-14-31-15-32-19)28(42)33-20(29(43)44)9-10-24(37)38/h4-8,14-17,20-23H,9-13,30H2,1-3H3,(H,31,32)(H,33,42)(H,34,39)(H,35,40)(H,36,41)(H,37,38)(H,43,44)/t17-,20-,21-,22-,23-/m0/s1. The van der Waals surface area contributed by atoms with E-state index in [-0.39, 0.29) is 31.6 Å². The molecular weight excluding hydrogens is 574 g/mol. The summed E-state index contributed by atoms with van der Waals surface area (Å²) in [5.74, 6) is -5.46. The topological polar surface area (TPSA) is 246 Å². The molecule has 0 fully saturated rings. The van der Waals surface area contributed by atoms with E-state index < -0.39 is 72.2 Å². The summed E-state index contributed by atoms with van der Waals surface area (Å²) in [6, 6.07) is 2.90. The second kappa shape index (κ2) is 17.4. The number of nitrogens with one attached hydrogen (secondary N) is 5. The van der Waals surface area contributed by atoms with E-state index in [0.29, 0.717) is 11.3 Å². The lowest BCUT2D eigenvalue weighted by atomic mass is 10.0. The highest BCUT2D eigenvalue weighted by molar-refractivity contribution is 5.95. The molecular formula is C29H41N7O8. The van der Waals surface area contributed by atoms with E-state index in [1.165, 1.54) is 19.4 Å². The monoisotopic (exact) mass is 615 g/mol. The number of hydrogen-bond acceptors (Lipinski definition) is 8. The van der Waals surface area contributed by atoms with Crippen LogP contribution >= 0.6 is 0 Å². The lowest BCUT2D eigenvalue weighted by Gasteiger charge is -2.27. The van der Waals surface area contributed by atoms with Gasteiger partial charge in [0.2, 0.25) is 23.6 Å². The van der Waals surface area contributed by atoms with Crippen molar-refractivity contribution in [2.45, 2.75) is 83.1 Å². The lowest BCUT2D eigenvalue weighted by molar-refractivity contribution is -0.143. The number of carbonyl (C=O) groups is 6. The first kappa shape index (κ1) is 35.4. The molecule has 0 saturated heterocycles. The molecule has 0 bridgehead atoms. The molecule has 44 heavy (non-hydrogen) atoms. The molecule has 0 aliphatic rings. The summed E-state index contributed by atoms with van der Waals surface area (Å²) in [5.41, 5.74) is 6.82. The van der Waals surface area contributed by atoms with Crippen LogP contribution in [0, 0.1) is 5.92 Å². The van der Waals surface area contributed by atoms with Gasteiger partial charge in [-0.15, -0.1) is 0 Å². The number of carboxylic acid groups (broad SMARTS) is 2. The first-order valence-corrected chi connectivity index (χ1v) is 14.2. The van der Waals surface area contributed by atoms with Gasteiger partial charge >= 0.3 is 11.9 Å². The van der Waals surface area contributed by atoms with E-state index in [1.807, 2.05) is 13.8 Å². The summed E-state index contributed by atoms with van der Waals surface area (Å²) in [4.78, 5) is 82.1. The maximum Gasteiger partial charge on any atom is 0.326 e. The third kappa shape index (κ3) is 12.2. The molecule has 0 saturated carbocycles. The van der Waals surface area contributed by atoms with E-state index in [4.69, 9.17) is 10.8 Å². The average Bonchev–Trinajstić information content (AvgIpc) is 3.47. The Morgan fingerprint density at radius 1 is 0.795 bits per heavy atom. The highest BCUT2D eigenvalue weighted by atomic mass is 16.4. The number of aromatic amines is 1. The summed E-state index contributed by atoms with van der Waals surface area (Å²) < 4.78 is 0. The first-order valence-electron chi connectivity index (χ1n) is 14.2. The van der Waals surface area contributed by atoms with Crippen LogP contribution < -0.4 is 27.0 Å². The minimum atomic E-state index is -1.52. The highest BCUT2D eigenvalue weighted by Crippen LogP contribution is 2.10. The van der Waals surface area contributed by atoms with Crippen LogP contribution in [0.15, 0.2) is 42.9 Å². The summed E-state index contributed by atoms with van der Waals surface area (Å²) in [6.07, 6.45) is 2.09. The maximum absolute atomic E-state index is 13.7. The summed E-state index contributed by atoms with van der Waals surface area (Å²) in [7, 11) is 0. The summed E-state index contributed by atoms with van der Waals surface area (Å²) in [5, 5.41) is 28.7. The number of benzene rings is 1. The highest BCUT2D eigenvalue weighted by Gasteiger charge is 2.32. The largest absolute Gasteiger partial charge is 0.481 e. The molecule has 15 heteroatoms. The van der Waals surface area contributed by atoms with Crippen molar-refractivity contribution in [3.05, 3.63) is 54.1 Å². The van der Waals surface area contributed by atoms with Crippen molar-refractivity contribution in [2.24, 2.45) is 11.7 Å². The number of aliphatic carboxylic acids is 2. The number of rotatable bonds is 18. The zero-order chi connectivity index (χ0) is 32.8. The van der Waals surface area contributed by atoms with Crippen LogP contribution in [0.4, 0.5) is 0 Å². The Morgan fingerprint density at radius 3 is 1.84 bits per heavy atom. The molecule has 0 aliphatic heterocycles. The van der Waals surface area contributed by atoms with Gasteiger partial charge in [0, 0.05) is 31.2 Å². The number of H-pyrrole nitrogens is 1. The zero-order valence-corrected chi connectivity index (χ0v) is 24.9. The zero-order valence-electron chi connectivity index (χ0n) is 24.9. The molecule has 5 atom stereocenters. The number of aromatic nitrogens is 2. The van der Waals surface area contributed by atoms with Crippen molar-refractivity contribution in [3.8, 4) is 0 Å². The Morgan fingerprint density at radius 2 is 1.34 bits per heavy atom. The second-order valence-corrected chi connectivity index (χ2v) is 10.9. The quantitative estimate of drug-likeness (QED) is 0.107. The molecule has 1 aromatic heterocycles. The van der Waals surface area contributed by atoms with Crippen molar-refractivity contribution in [3.63, 3.8) is 0 Å². The lowest BCUT2D eigenvalue weighted by Crippen LogP contribution is -2.59. The normalized spacial score (nSPS) is 14.4. The van der Waals surface area contributed by atoms with E-state index in [9.17, 15) is 33.9 Å². The van der Waals surface area contributed by atoms with Gasteiger partial charge in [0.1, 0.15) is 24.2 Å². The predicted molar refractivity (Wildman–Crippen MR) is 158 cm³/mol. The van der Waals surface area contributed by atoms with Crippen molar-refractivity contribution in [1.82, 2.24) is 31.2 Å². The van der Waals surface area contributed by atoms with Gasteiger partial charge in [-0.3, -0.25) is 24.0 Å². The molecule has 0 spiro atoms. The number of imidazole rings is 1. The van der Waals surface area contributed by atoms with Gasteiger partial charge < -0.3 is 42.2 Å². The van der Waals surface area contributed by atoms with Crippen LogP contribution in [0.1, 0.15) is 51.3 Å². The average molecular weight is 616 g/mol. The molecule has 240 valence electrons. The molecule has 15 nitrogen and oxygen atoms in total. The Balaban J connectivity index is 2.34. The smallest absolute Gasteiger partial charge is 0.326 e. The number of amides is 4. The number of nitrogens with two attached hydrogens (primary N) is 1. The van der Waals surface area contributed by atoms with E-state index >= 15 is 0 Å². The van der Waals surface area contributed by atoms with E-state index in [1.54, 1.807) is 30.3 Å². The number of carboxylic acids is 2. The Kier molecular flexibility index (Phi) is 14.0. The SMILES string of the molecule is CC(C)C[C@H](NC(=O)[C@H](C)N)C(=O)N[C@@H](Cc1ccccc1)C(=O)N[C@@H](Cc1cnc[nH]1)C(=O)N[C@@H](CCC(=O)O)C(=O)O. The van der Waals surface area contributed by atoms with Crippen molar-refractivity contribution < 1.29 is 39.0 Å². The fourth-order valence-electron chi connectivity index (χ4n) is 4.23. The van der Waals surface area contributed by atoms with Gasteiger partial charge in [0.15, 0.2) is 0 Å². The molecule has 0 unspecified atom stereocenters. The first-order chi connectivity index (χ1) is 20.8. The Bertz CT molecular complexity index is 1270. The second-order valence-electron chi connectivity index (χ2n) is 10.9. The number of hydrogen-bond donors (Lipinski definition) is 8. The minimum absolute atomic E-state index is 0.00585. The van der Waals surface area contributed by atoms with Gasteiger partial charge in [-0.1, -0.05) is 44.2 Å². The summed E-state index contributed by atoms with van der Waals surface area (Å²) in [6.45, 7) is 5.21. The fraction of sp³-hybridized carbons (Fsp3) is 0.483. The Hall–Kier alpha value is -4.79. The van der Waals surface area contributed by atoms with Gasteiger partial charge in [0.05, 0.1) is 12.4 Å². The van der Waals surface area contributed by atoms with Gasteiger partial charge in [-0.05, 0) is 31.2 Å². The van der Waals surface area contributed by atoms with Crippen LogP contribution in [0.2, 0.25) is 0 Å².